The predicted molar refractivity (Wildman–Crippen MR) is 70.9 cm³/mol. The van der Waals surface area contributed by atoms with Crippen LogP contribution in [0.1, 0.15) is 18.4 Å². The Kier molecular flexibility index (Phi) is 2.93. The molecule has 2 aliphatic heterocycles. The Morgan fingerprint density at radius 1 is 1.33 bits per heavy atom. The minimum Gasteiger partial charge on any atom is -0.489 e. The number of benzene rings is 1. The summed E-state index contributed by atoms with van der Waals surface area (Å²) in [7, 11) is -2.88. The van der Waals surface area contributed by atoms with Crippen LogP contribution >= 0.6 is 0 Å². The van der Waals surface area contributed by atoms with Crippen molar-refractivity contribution in [2.24, 2.45) is 0 Å². The van der Waals surface area contributed by atoms with E-state index in [1.807, 2.05) is 18.2 Å². The number of rotatable bonds is 2. The van der Waals surface area contributed by atoms with Crippen molar-refractivity contribution in [1.82, 2.24) is 0 Å². The summed E-state index contributed by atoms with van der Waals surface area (Å²) in [6.07, 6.45) is 2.52. The van der Waals surface area contributed by atoms with Crippen LogP contribution in [0.15, 0.2) is 18.2 Å². The molecule has 2 heterocycles. The Morgan fingerprint density at radius 3 is 3.00 bits per heavy atom. The van der Waals surface area contributed by atoms with Crippen LogP contribution in [-0.4, -0.2) is 32.6 Å². The maximum absolute atomic E-state index is 11.4. The fraction of sp³-hybridized carbons (Fsp3) is 0.538. The first-order valence-electron chi connectivity index (χ1n) is 6.37. The van der Waals surface area contributed by atoms with E-state index in [2.05, 4.69) is 5.32 Å². The quantitative estimate of drug-likeness (QED) is 0.884. The first kappa shape index (κ1) is 11.8. The van der Waals surface area contributed by atoms with Gasteiger partial charge in [0, 0.05) is 17.8 Å². The summed E-state index contributed by atoms with van der Waals surface area (Å²) in [5.41, 5.74) is 2.31. The number of anilines is 1. The first-order valence-corrected chi connectivity index (χ1v) is 8.19. The van der Waals surface area contributed by atoms with Crippen molar-refractivity contribution in [3.63, 3.8) is 0 Å². The van der Waals surface area contributed by atoms with E-state index in [0.29, 0.717) is 6.42 Å². The summed E-state index contributed by atoms with van der Waals surface area (Å²) in [4.78, 5) is 0. The van der Waals surface area contributed by atoms with Crippen LogP contribution in [-0.2, 0) is 16.3 Å². The van der Waals surface area contributed by atoms with Crippen LogP contribution in [0.25, 0.3) is 0 Å². The molecule has 4 nitrogen and oxygen atoms in total. The van der Waals surface area contributed by atoms with Crippen molar-refractivity contribution < 1.29 is 13.2 Å². The summed E-state index contributed by atoms with van der Waals surface area (Å²) in [5.74, 6) is 1.26. The second kappa shape index (κ2) is 4.46. The standard InChI is InChI=1S/C13H17NO3S/c15-18(16)8-6-10(9-18)17-13-5-1-4-12-11(13)3-2-7-14-12/h1,4-5,10,14H,2-3,6-9H2. The summed E-state index contributed by atoms with van der Waals surface area (Å²) in [5, 5.41) is 3.35. The summed E-state index contributed by atoms with van der Waals surface area (Å²) < 4.78 is 28.7. The lowest BCUT2D eigenvalue weighted by atomic mass is 10.0. The van der Waals surface area contributed by atoms with Gasteiger partial charge in [0.15, 0.2) is 9.84 Å². The fourth-order valence-corrected chi connectivity index (χ4v) is 4.21. The molecule has 0 saturated carbocycles. The van der Waals surface area contributed by atoms with Gasteiger partial charge in [-0.2, -0.15) is 0 Å². The lowest BCUT2D eigenvalue weighted by Crippen LogP contribution is -2.20. The third kappa shape index (κ3) is 2.32. The third-order valence-electron chi connectivity index (χ3n) is 3.54. The zero-order valence-corrected chi connectivity index (χ0v) is 11.0. The lowest BCUT2D eigenvalue weighted by molar-refractivity contribution is 0.226. The molecule has 5 heteroatoms. The molecule has 2 aliphatic rings. The van der Waals surface area contributed by atoms with Crippen molar-refractivity contribution in [3.05, 3.63) is 23.8 Å². The topological polar surface area (TPSA) is 55.4 Å². The summed E-state index contributed by atoms with van der Waals surface area (Å²) in [6, 6.07) is 5.94. The number of nitrogens with one attached hydrogen (secondary N) is 1. The molecular weight excluding hydrogens is 250 g/mol. The molecule has 0 amide bonds. The maximum Gasteiger partial charge on any atom is 0.154 e. The summed E-state index contributed by atoms with van der Waals surface area (Å²) >= 11 is 0. The molecule has 1 aromatic carbocycles. The highest BCUT2D eigenvalue weighted by Crippen LogP contribution is 2.32. The number of hydrogen-bond acceptors (Lipinski definition) is 4. The maximum atomic E-state index is 11.4. The zero-order chi connectivity index (χ0) is 12.6. The molecule has 1 saturated heterocycles. The molecular formula is C13H17NO3S. The molecule has 1 atom stereocenters. The number of fused-ring (bicyclic) bond motifs is 1. The minimum absolute atomic E-state index is 0.157. The minimum atomic E-state index is -2.88. The molecule has 3 rings (SSSR count). The van der Waals surface area contributed by atoms with Crippen LogP contribution in [0.2, 0.25) is 0 Å². The first-order chi connectivity index (χ1) is 8.64. The van der Waals surface area contributed by atoms with Crippen LogP contribution in [0.4, 0.5) is 5.69 Å². The number of hydrogen-bond donors (Lipinski definition) is 1. The molecule has 0 aliphatic carbocycles. The van der Waals surface area contributed by atoms with Gasteiger partial charge in [-0.05, 0) is 31.4 Å². The van der Waals surface area contributed by atoms with Gasteiger partial charge in [-0.3, -0.25) is 0 Å². The highest BCUT2D eigenvalue weighted by atomic mass is 32.2. The average Bonchev–Trinajstić information content (AvgIpc) is 2.69. The molecule has 1 aromatic rings. The van der Waals surface area contributed by atoms with E-state index in [9.17, 15) is 8.42 Å². The van der Waals surface area contributed by atoms with Crippen LogP contribution in [0, 0.1) is 0 Å². The van der Waals surface area contributed by atoms with E-state index in [-0.39, 0.29) is 17.6 Å². The van der Waals surface area contributed by atoms with E-state index in [1.165, 1.54) is 5.56 Å². The second-order valence-corrected chi connectivity index (χ2v) is 7.18. The van der Waals surface area contributed by atoms with Gasteiger partial charge in [-0.1, -0.05) is 6.07 Å². The Morgan fingerprint density at radius 2 is 2.22 bits per heavy atom. The molecule has 0 bridgehead atoms. The van der Waals surface area contributed by atoms with Gasteiger partial charge in [0.05, 0.1) is 11.5 Å². The Hall–Kier alpha value is -1.23. The predicted octanol–water partition coefficient (Wildman–Crippen LogP) is 1.61. The Labute approximate surface area is 107 Å². The molecule has 98 valence electrons. The molecule has 1 N–H and O–H groups in total. The van der Waals surface area contributed by atoms with Gasteiger partial charge in [-0.25, -0.2) is 8.42 Å². The number of ether oxygens (including phenoxy) is 1. The fourth-order valence-electron chi connectivity index (χ4n) is 2.62. The molecule has 0 spiro atoms. The van der Waals surface area contributed by atoms with Gasteiger partial charge < -0.3 is 10.1 Å². The molecule has 0 aromatic heterocycles. The Balaban J connectivity index is 1.81. The molecule has 0 radical (unpaired) electrons. The molecule has 1 fully saturated rings. The van der Waals surface area contributed by atoms with Gasteiger partial charge >= 0.3 is 0 Å². The average molecular weight is 267 g/mol. The van der Waals surface area contributed by atoms with E-state index >= 15 is 0 Å². The second-order valence-electron chi connectivity index (χ2n) is 4.96. The van der Waals surface area contributed by atoms with Crippen LogP contribution < -0.4 is 10.1 Å². The third-order valence-corrected chi connectivity index (χ3v) is 5.27. The molecule has 18 heavy (non-hydrogen) atoms. The van der Waals surface area contributed by atoms with E-state index in [0.717, 1.165) is 30.8 Å². The van der Waals surface area contributed by atoms with Crippen molar-refractivity contribution in [2.45, 2.75) is 25.4 Å². The normalized spacial score (nSPS) is 25.2. The van der Waals surface area contributed by atoms with Crippen LogP contribution in [0.3, 0.4) is 0 Å². The van der Waals surface area contributed by atoms with Crippen molar-refractivity contribution >= 4 is 15.5 Å². The SMILES string of the molecule is O=S1(=O)CCC(Oc2cccc3c2CCCN3)C1. The zero-order valence-electron chi connectivity index (χ0n) is 10.2. The van der Waals surface area contributed by atoms with Gasteiger partial charge in [0.25, 0.3) is 0 Å². The molecule has 1 unspecified atom stereocenters. The monoisotopic (exact) mass is 267 g/mol. The van der Waals surface area contributed by atoms with Gasteiger partial charge in [0.2, 0.25) is 0 Å². The van der Waals surface area contributed by atoms with Gasteiger partial charge in [-0.15, -0.1) is 0 Å². The smallest absolute Gasteiger partial charge is 0.154 e. The highest BCUT2D eigenvalue weighted by Gasteiger charge is 2.30. The lowest BCUT2D eigenvalue weighted by Gasteiger charge is -2.22. The number of sulfone groups is 1. The van der Waals surface area contributed by atoms with Crippen molar-refractivity contribution in [3.8, 4) is 5.75 Å². The van der Waals surface area contributed by atoms with Crippen molar-refractivity contribution in [2.75, 3.05) is 23.4 Å². The van der Waals surface area contributed by atoms with E-state index < -0.39 is 9.84 Å². The largest absolute Gasteiger partial charge is 0.489 e. The van der Waals surface area contributed by atoms with Crippen molar-refractivity contribution in [1.29, 1.82) is 0 Å². The van der Waals surface area contributed by atoms with E-state index in [4.69, 9.17) is 4.74 Å². The van der Waals surface area contributed by atoms with E-state index in [1.54, 1.807) is 0 Å². The Bertz CT molecular complexity index is 553. The van der Waals surface area contributed by atoms with Gasteiger partial charge in [0.1, 0.15) is 11.9 Å². The van der Waals surface area contributed by atoms with Crippen LogP contribution in [0.5, 0.6) is 5.75 Å². The highest BCUT2D eigenvalue weighted by molar-refractivity contribution is 7.91. The summed E-state index contributed by atoms with van der Waals surface area (Å²) in [6.45, 7) is 0.994.